The van der Waals surface area contributed by atoms with Crippen LogP contribution in [0.3, 0.4) is 0 Å². The van der Waals surface area contributed by atoms with Crippen molar-refractivity contribution >= 4 is 27.8 Å². The van der Waals surface area contributed by atoms with Crippen LogP contribution in [0, 0.1) is 11.6 Å². The first-order valence-electron chi connectivity index (χ1n) is 12.6. The monoisotopic (exact) mass is 634 g/mol. The van der Waals surface area contributed by atoms with Gasteiger partial charge in [-0.3, -0.25) is 9.59 Å². The number of esters is 1. The summed E-state index contributed by atoms with van der Waals surface area (Å²) in [5, 5.41) is 0. The Hall–Kier alpha value is -3.41. The number of primary amides is 1. The van der Waals surface area contributed by atoms with Crippen LogP contribution in [0.15, 0.2) is 45.5 Å². The Morgan fingerprint density at radius 1 is 1.02 bits per heavy atom. The summed E-state index contributed by atoms with van der Waals surface area (Å²) in [5.41, 5.74) is 4.42. The summed E-state index contributed by atoms with van der Waals surface area (Å²) in [6.07, 6.45) is -1.33. The van der Waals surface area contributed by atoms with Gasteiger partial charge < -0.3 is 19.6 Å². The summed E-state index contributed by atoms with van der Waals surface area (Å²) < 4.78 is 71.5. The highest BCUT2D eigenvalue weighted by Crippen LogP contribution is 2.35. The van der Waals surface area contributed by atoms with Crippen molar-refractivity contribution in [1.82, 2.24) is 4.98 Å². The van der Waals surface area contributed by atoms with Crippen LogP contribution in [-0.2, 0) is 15.5 Å². The molecule has 1 unspecified atom stereocenters. The minimum Gasteiger partial charge on any atom is -0.474 e. The molecule has 1 heterocycles. The summed E-state index contributed by atoms with van der Waals surface area (Å²) >= 11 is 3.17. The van der Waals surface area contributed by atoms with Crippen molar-refractivity contribution in [2.45, 2.75) is 67.4 Å². The van der Waals surface area contributed by atoms with Crippen LogP contribution in [0.25, 0.3) is 11.3 Å². The van der Waals surface area contributed by atoms with Crippen molar-refractivity contribution in [1.29, 1.82) is 0 Å². The maximum Gasteiger partial charge on any atom is 0.302 e. The van der Waals surface area contributed by atoms with Crippen molar-refractivity contribution in [2.75, 3.05) is 6.61 Å². The zero-order valence-electron chi connectivity index (χ0n) is 23.7. The van der Waals surface area contributed by atoms with E-state index in [0.717, 1.165) is 26.0 Å². The molecule has 0 spiro atoms. The van der Waals surface area contributed by atoms with E-state index >= 15 is 0 Å². The third kappa shape index (κ3) is 9.96. The van der Waals surface area contributed by atoms with E-state index < -0.39 is 53.5 Å². The van der Waals surface area contributed by atoms with Gasteiger partial charge in [-0.05, 0) is 28.1 Å². The Bertz CT molecular complexity index is 1230. The highest BCUT2D eigenvalue weighted by atomic mass is 79.9. The molecule has 0 fully saturated rings. The molecule has 40 heavy (non-hydrogen) atoms. The molecule has 0 radical (unpaired) electrons. The van der Waals surface area contributed by atoms with Crippen molar-refractivity contribution in [2.24, 2.45) is 5.73 Å². The first-order valence-corrected chi connectivity index (χ1v) is 13.4. The highest BCUT2D eigenvalue weighted by Gasteiger charge is 2.28. The number of nitrogens with zero attached hydrogens (tertiary/aromatic N) is 1. The van der Waals surface area contributed by atoms with Gasteiger partial charge in [0.2, 0.25) is 12.0 Å². The van der Waals surface area contributed by atoms with Gasteiger partial charge in [-0.25, -0.2) is 22.5 Å². The second-order valence-corrected chi connectivity index (χ2v) is 7.87. The van der Waals surface area contributed by atoms with Crippen LogP contribution in [0.2, 0.25) is 0 Å². The van der Waals surface area contributed by atoms with E-state index in [4.69, 9.17) is 19.6 Å². The molecule has 12 heteroatoms. The number of hydrogen-bond acceptors (Lipinski definition) is 6. The molecular weight excluding hydrogens is 600 g/mol. The lowest BCUT2D eigenvalue weighted by molar-refractivity contribution is -0.143. The molecule has 1 aromatic heterocycles. The van der Waals surface area contributed by atoms with Crippen LogP contribution >= 0.6 is 15.9 Å². The number of halogens is 5. The zero-order valence-corrected chi connectivity index (χ0v) is 25.3. The smallest absolute Gasteiger partial charge is 0.302 e. The molecule has 2 N–H and O–H groups in total. The Morgan fingerprint density at radius 2 is 1.57 bits per heavy atom. The molecule has 7 nitrogen and oxygen atoms in total. The number of rotatable bonds is 8. The maximum absolute atomic E-state index is 14.6. The Balaban J connectivity index is 0.00000237. The largest absolute Gasteiger partial charge is 0.474 e. The highest BCUT2D eigenvalue weighted by molar-refractivity contribution is 9.10. The molecular formula is C28H35BrF4N2O5. The van der Waals surface area contributed by atoms with Crippen LogP contribution in [0.4, 0.5) is 17.6 Å². The normalized spacial score (nSPS) is 10.9. The molecule has 0 saturated carbocycles. The lowest BCUT2D eigenvalue weighted by Crippen LogP contribution is -2.20. The summed E-state index contributed by atoms with van der Waals surface area (Å²) in [7, 11) is 0. The van der Waals surface area contributed by atoms with Crippen molar-refractivity contribution in [3.63, 3.8) is 0 Å². The fourth-order valence-electron chi connectivity index (χ4n) is 2.91. The lowest BCUT2D eigenvalue weighted by Gasteiger charge is -2.17. The molecule has 0 aliphatic rings. The summed E-state index contributed by atoms with van der Waals surface area (Å²) in [6.45, 7) is 13.4. The number of aromatic nitrogens is 1. The van der Waals surface area contributed by atoms with Crippen molar-refractivity contribution in [3.05, 3.63) is 69.7 Å². The molecule has 0 bridgehead atoms. The summed E-state index contributed by atoms with van der Waals surface area (Å²) in [4.78, 5) is 26.9. The van der Waals surface area contributed by atoms with E-state index in [0.29, 0.717) is 5.56 Å². The summed E-state index contributed by atoms with van der Waals surface area (Å²) in [5.74, 6) is -8.36. The quantitative estimate of drug-likeness (QED) is 0.197. The molecule has 0 aliphatic heterocycles. The van der Waals surface area contributed by atoms with Gasteiger partial charge in [-0.15, -0.1) is 0 Å². The van der Waals surface area contributed by atoms with Gasteiger partial charge >= 0.3 is 5.97 Å². The van der Waals surface area contributed by atoms with Gasteiger partial charge in [0.25, 0.3) is 11.8 Å². The molecule has 0 aliphatic carbocycles. The zero-order chi connectivity index (χ0) is 31.2. The predicted molar refractivity (Wildman–Crippen MR) is 148 cm³/mol. The molecule has 0 saturated heterocycles. The molecule has 3 aromatic rings. The molecule has 222 valence electrons. The van der Waals surface area contributed by atoms with Gasteiger partial charge in [-0.2, -0.15) is 0 Å². The van der Waals surface area contributed by atoms with Gasteiger partial charge in [0.05, 0.1) is 0 Å². The minimum absolute atomic E-state index is 0.0901. The fraction of sp³-hybridized carbons (Fsp3) is 0.393. The van der Waals surface area contributed by atoms with Crippen LogP contribution < -0.4 is 10.5 Å². The number of oxazole rings is 1. The van der Waals surface area contributed by atoms with E-state index in [2.05, 4.69) is 20.9 Å². The van der Waals surface area contributed by atoms with E-state index in [1.165, 1.54) is 24.3 Å². The second-order valence-electron chi connectivity index (χ2n) is 7.15. The van der Waals surface area contributed by atoms with Gasteiger partial charge in [0.1, 0.15) is 23.7 Å². The Kier molecular flexibility index (Phi) is 15.8. The average Bonchev–Trinajstić information content (AvgIpc) is 3.31. The SMILES string of the molecule is CC.CC.CC.CC(=O)OCC(Oc1ccc(F)c(C(N)=O)c1F)c1nc(-c2ccc(C(C)(F)F)cc2)c(Br)o1. The topological polar surface area (TPSA) is 105 Å². The van der Waals surface area contributed by atoms with E-state index in [-0.39, 0.29) is 21.8 Å². The van der Waals surface area contributed by atoms with Gasteiger partial charge in [0, 0.05) is 25.0 Å². The standard InChI is InChI=1S/C22H17BrF4N2O5.3C2H6/c1-10(30)32-9-15(33-14-8-7-13(24)16(17(14)25)20(28)31)21-29-18(19(23)34-21)11-3-5-12(6-4-11)22(2,26)27;3*1-2/h3-8,15H,9H2,1-2H3,(H2,28,31);3*1-2H3. The molecule has 1 amide bonds. The number of hydrogen-bond donors (Lipinski definition) is 1. The third-order valence-corrected chi connectivity index (χ3v) is 5.09. The first-order chi connectivity index (χ1) is 18.9. The van der Waals surface area contributed by atoms with Crippen LogP contribution in [0.5, 0.6) is 5.75 Å². The van der Waals surface area contributed by atoms with Crippen molar-refractivity contribution in [3.8, 4) is 17.0 Å². The van der Waals surface area contributed by atoms with E-state index in [1.54, 1.807) is 0 Å². The molecule has 2 aromatic carbocycles. The first kappa shape index (κ1) is 36.6. The Labute approximate surface area is 240 Å². The number of benzene rings is 2. The Morgan fingerprint density at radius 3 is 2.05 bits per heavy atom. The van der Waals surface area contributed by atoms with Crippen LogP contribution in [-0.4, -0.2) is 23.5 Å². The number of alkyl halides is 2. The van der Waals surface area contributed by atoms with E-state index in [9.17, 15) is 27.2 Å². The average molecular weight is 635 g/mol. The fourth-order valence-corrected chi connectivity index (χ4v) is 3.39. The van der Waals surface area contributed by atoms with Gasteiger partial charge in [0.15, 0.2) is 16.2 Å². The number of ether oxygens (including phenoxy) is 2. The third-order valence-electron chi connectivity index (χ3n) is 4.55. The second kappa shape index (κ2) is 17.3. The van der Waals surface area contributed by atoms with Crippen molar-refractivity contribution < 1.29 is 41.0 Å². The number of amides is 1. The maximum atomic E-state index is 14.6. The van der Waals surface area contributed by atoms with E-state index in [1.807, 2.05) is 41.5 Å². The summed E-state index contributed by atoms with van der Waals surface area (Å²) in [6, 6.07) is 6.95. The predicted octanol–water partition coefficient (Wildman–Crippen LogP) is 8.35. The lowest BCUT2D eigenvalue weighted by atomic mass is 10.1. The number of carbonyl (C=O) groups is 2. The molecule has 1 atom stereocenters. The molecule has 3 rings (SSSR count). The number of carbonyl (C=O) groups excluding carboxylic acids is 2. The van der Waals surface area contributed by atoms with Crippen LogP contribution in [0.1, 0.15) is 83.3 Å². The van der Waals surface area contributed by atoms with Gasteiger partial charge in [-0.1, -0.05) is 65.8 Å². The number of nitrogens with two attached hydrogens (primary N) is 1. The minimum atomic E-state index is -3.03.